The number of ether oxygens (including phenoxy) is 1. The summed E-state index contributed by atoms with van der Waals surface area (Å²) in [7, 11) is 5.53. The molecule has 2 rings (SSSR count). The van der Waals surface area contributed by atoms with Gasteiger partial charge in [0.2, 0.25) is 0 Å². The molecule has 0 aliphatic rings. The van der Waals surface area contributed by atoms with E-state index in [1.807, 2.05) is 63.2 Å². The Morgan fingerprint density at radius 1 is 1.25 bits per heavy atom. The second kappa shape index (κ2) is 9.55. The van der Waals surface area contributed by atoms with Crippen LogP contribution in [-0.4, -0.2) is 43.4 Å². The van der Waals surface area contributed by atoms with Crippen molar-refractivity contribution >= 4 is 17.7 Å². The van der Waals surface area contributed by atoms with Crippen LogP contribution in [0.15, 0.2) is 48.0 Å². The SMILES string of the molecule is COc1ccc(/C=C(\C)C(O)(Cc2c(F)cccc2Cl)C(C)CN(C)C)cc1. The topological polar surface area (TPSA) is 32.7 Å². The zero-order chi connectivity index (χ0) is 20.9. The van der Waals surface area contributed by atoms with Gasteiger partial charge in [-0.25, -0.2) is 4.39 Å². The van der Waals surface area contributed by atoms with Crippen molar-refractivity contribution in [3.63, 3.8) is 0 Å². The molecule has 0 amide bonds. The predicted octanol–water partition coefficient (Wildman–Crippen LogP) is 5.06. The second-order valence-corrected chi connectivity index (χ2v) is 7.97. The van der Waals surface area contributed by atoms with Gasteiger partial charge < -0.3 is 14.7 Å². The van der Waals surface area contributed by atoms with Gasteiger partial charge in [0.25, 0.3) is 0 Å². The number of aliphatic hydroxyl groups is 1. The van der Waals surface area contributed by atoms with Crippen molar-refractivity contribution in [1.29, 1.82) is 0 Å². The minimum atomic E-state index is -1.25. The number of halogens is 2. The van der Waals surface area contributed by atoms with Crippen molar-refractivity contribution in [3.8, 4) is 5.75 Å². The lowest BCUT2D eigenvalue weighted by Crippen LogP contribution is -2.44. The fraction of sp³-hybridized carbons (Fsp3) is 0.391. The number of benzene rings is 2. The first-order valence-corrected chi connectivity index (χ1v) is 9.68. The third-order valence-corrected chi connectivity index (χ3v) is 5.50. The van der Waals surface area contributed by atoms with E-state index in [1.165, 1.54) is 6.07 Å². The number of nitrogens with zero attached hydrogens (tertiary/aromatic N) is 1. The Balaban J connectivity index is 2.45. The lowest BCUT2D eigenvalue weighted by atomic mass is 9.77. The second-order valence-electron chi connectivity index (χ2n) is 7.57. The highest BCUT2D eigenvalue weighted by atomic mass is 35.5. The largest absolute Gasteiger partial charge is 0.497 e. The van der Waals surface area contributed by atoms with Crippen molar-refractivity contribution in [2.24, 2.45) is 5.92 Å². The maximum Gasteiger partial charge on any atom is 0.128 e. The Morgan fingerprint density at radius 3 is 2.43 bits per heavy atom. The van der Waals surface area contributed by atoms with E-state index in [0.717, 1.165) is 16.9 Å². The van der Waals surface area contributed by atoms with Crippen LogP contribution < -0.4 is 4.74 Å². The van der Waals surface area contributed by atoms with E-state index in [9.17, 15) is 9.50 Å². The molecule has 2 atom stereocenters. The van der Waals surface area contributed by atoms with Crippen molar-refractivity contribution < 1.29 is 14.2 Å². The summed E-state index contributed by atoms with van der Waals surface area (Å²) in [5, 5.41) is 12.0. The zero-order valence-electron chi connectivity index (χ0n) is 17.2. The van der Waals surface area contributed by atoms with Gasteiger partial charge in [0.05, 0.1) is 12.7 Å². The molecule has 2 aromatic rings. The van der Waals surface area contributed by atoms with E-state index in [2.05, 4.69) is 0 Å². The summed E-state index contributed by atoms with van der Waals surface area (Å²) in [6, 6.07) is 12.2. The van der Waals surface area contributed by atoms with Crippen LogP contribution in [0.5, 0.6) is 5.75 Å². The molecular weight excluding hydrogens is 377 g/mol. The fourth-order valence-electron chi connectivity index (χ4n) is 3.45. The van der Waals surface area contributed by atoms with E-state index in [4.69, 9.17) is 16.3 Å². The molecule has 0 aliphatic carbocycles. The molecule has 0 spiro atoms. The van der Waals surface area contributed by atoms with Crippen LogP contribution in [-0.2, 0) is 6.42 Å². The molecule has 5 heteroatoms. The summed E-state index contributed by atoms with van der Waals surface area (Å²) >= 11 is 6.25. The average molecular weight is 406 g/mol. The molecule has 2 aromatic carbocycles. The first kappa shape index (κ1) is 22.4. The predicted molar refractivity (Wildman–Crippen MR) is 114 cm³/mol. The van der Waals surface area contributed by atoms with Gasteiger partial charge in [0.1, 0.15) is 11.6 Å². The van der Waals surface area contributed by atoms with Gasteiger partial charge in [0.15, 0.2) is 0 Å². The smallest absolute Gasteiger partial charge is 0.128 e. The van der Waals surface area contributed by atoms with Crippen LogP contribution in [0.2, 0.25) is 5.02 Å². The van der Waals surface area contributed by atoms with Crippen molar-refractivity contribution in [2.45, 2.75) is 25.9 Å². The highest BCUT2D eigenvalue weighted by molar-refractivity contribution is 6.31. The van der Waals surface area contributed by atoms with Crippen LogP contribution >= 0.6 is 11.6 Å². The lowest BCUT2D eigenvalue weighted by Gasteiger charge is -2.37. The van der Waals surface area contributed by atoms with Crippen molar-refractivity contribution in [2.75, 3.05) is 27.7 Å². The molecular formula is C23H29ClFNO2. The van der Waals surface area contributed by atoms with Gasteiger partial charge in [-0.05, 0) is 56.4 Å². The summed E-state index contributed by atoms with van der Waals surface area (Å²) in [5.41, 5.74) is 0.773. The van der Waals surface area contributed by atoms with E-state index in [1.54, 1.807) is 19.2 Å². The first-order valence-electron chi connectivity index (χ1n) is 9.30. The van der Waals surface area contributed by atoms with Gasteiger partial charge in [-0.2, -0.15) is 0 Å². The van der Waals surface area contributed by atoms with Gasteiger partial charge in [-0.3, -0.25) is 0 Å². The van der Waals surface area contributed by atoms with Crippen LogP contribution in [0.1, 0.15) is 25.0 Å². The molecule has 0 bridgehead atoms. The van der Waals surface area contributed by atoms with Gasteiger partial charge in [0, 0.05) is 29.5 Å². The maximum atomic E-state index is 14.4. The number of methoxy groups -OCH3 is 1. The molecule has 1 N–H and O–H groups in total. The van der Waals surface area contributed by atoms with Crippen LogP contribution in [0.4, 0.5) is 4.39 Å². The molecule has 152 valence electrons. The normalized spacial score (nSPS) is 15.4. The molecule has 0 aromatic heterocycles. The third-order valence-electron chi connectivity index (χ3n) is 5.14. The Hall–Kier alpha value is -1.88. The molecule has 0 fully saturated rings. The average Bonchev–Trinajstić information content (AvgIpc) is 2.64. The molecule has 2 unspecified atom stereocenters. The molecule has 0 saturated heterocycles. The molecule has 0 aliphatic heterocycles. The Morgan fingerprint density at radius 2 is 1.89 bits per heavy atom. The van der Waals surface area contributed by atoms with Gasteiger partial charge >= 0.3 is 0 Å². The van der Waals surface area contributed by atoms with Crippen LogP contribution in [0, 0.1) is 11.7 Å². The quantitative estimate of drug-likeness (QED) is 0.666. The lowest BCUT2D eigenvalue weighted by molar-refractivity contribution is 0.0143. The zero-order valence-corrected chi connectivity index (χ0v) is 17.9. The van der Waals surface area contributed by atoms with Gasteiger partial charge in [-0.1, -0.05) is 42.8 Å². The van der Waals surface area contributed by atoms with E-state index >= 15 is 0 Å². The number of rotatable bonds is 8. The number of hydrogen-bond acceptors (Lipinski definition) is 3. The molecule has 3 nitrogen and oxygen atoms in total. The van der Waals surface area contributed by atoms with E-state index in [0.29, 0.717) is 17.1 Å². The first-order chi connectivity index (χ1) is 13.2. The fourth-order valence-corrected chi connectivity index (χ4v) is 3.68. The minimum Gasteiger partial charge on any atom is -0.497 e. The monoisotopic (exact) mass is 405 g/mol. The van der Waals surface area contributed by atoms with E-state index in [-0.39, 0.29) is 12.3 Å². The summed E-state index contributed by atoms with van der Waals surface area (Å²) in [4.78, 5) is 2.01. The van der Waals surface area contributed by atoms with Crippen molar-refractivity contribution in [1.82, 2.24) is 4.90 Å². The summed E-state index contributed by atoms with van der Waals surface area (Å²) < 4.78 is 19.6. The van der Waals surface area contributed by atoms with Crippen LogP contribution in [0.25, 0.3) is 6.08 Å². The standard InChI is InChI=1S/C23H29ClFNO2/c1-16(13-18-9-11-19(28-5)12-10-18)23(27,17(2)15-26(3)4)14-20-21(24)7-6-8-22(20)25/h6-13,17,27H,14-15H2,1-5H3/b16-13+. The summed E-state index contributed by atoms with van der Waals surface area (Å²) in [6.07, 6.45) is 2.03. The Labute approximate surface area is 172 Å². The summed E-state index contributed by atoms with van der Waals surface area (Å²) in [6.45, 7) is 4.50. The molecule has 0 saturated carbocycles. The molecule has 0 radical (unpaired) electrons. The Kier molecular flexibility index (Phi) is 7.64. The Bertz CT molecular complexity index is 800. The van der Waals surface area contributed by atoms with Crippen LogP contribution in [0.3, 0.4) is 0 Å². The van der Waals surface area contributed by atoms with Gasteiger partial charge in [-0.15, -0.1) is 0 Å². The maximum absolute atomic E-state index is 14.4. The molecule has 28 heavy (non-hydrogen) atoms. The third kappa shape index (κ3) is 5.34. The molecule has 0 heterocycles. The highest BCUT2D eigenvalue weighted by Gasteiger charge is 2.37. The van der Waals surface area contributed by atoms with Crippen molar-refractivity contribution in [3.05, 3.63) is 70.0 Å². The number of hydrogen-bond donors (Lipinski definition) is 1. The highest BCUT2D eigenvalue weighted by Crippen LogP contribution is 2.35. The summed E-state index contributed by atoms with van der Waals surface area (Å²) in [5.74, 6) is 0.220. The minimum absolute atomic E-state index is 0.103. The van der Waals surface area contributed by atoms with E-state index < -0.39 is 11.4 Å².